The van der Waals surface area contributed by atoms with Gasteiger partial charge in [0.2, 0.25) is 0 Å². The number of esters is 1. The number of nitrogens with one attached hydrogen (secondary N) is 1. The fourth-order valence-corrected chi connectivity index (χ4v) is 3.62. The molecule has 0 bridgehead atoms. The number of hydrogen-bond acceptors (Lipinski definition) is 4. The summed E-state index contributed by atoms with van der Waals surface area (Å²) in [7, 11) is 0. The van der Waals surface area contributed by atoms with Crippen molar-refractivity contribution in [1.82, 2.24) is 0 Å². The van der Waals surface area contributed by atoms with Gasteiger partial charge in [0.1, 0.15) is 11.3 Å². The smallest absolute Gasteiger partial charge is 0.342 e. The van der Waals surface area contributed by atoms with Crippen molar-refractivity contribution >= 4 is 72.6 Å². The minimum atomic E-state index is -1.11. The predicted molar refractivity (Wildman–Crippen MR) is 103 cm³/mol. The predicted octanol–water partition coefficient (Wildman–Crippen LogP) is 5.41. The summed E-state index contributed by atoms with van der Waals surface area (Å²) in [6.07, 6.45) is -1.11. The summed E-state index contributed by atoms with van der Waals surface area (Å²) < 4.78 is 5.99. The van der Waals surface area contributed by atoms with E-state index in [2.05, 4.69) is 37.2 Å². The van der Waals surface area contributed by atoms with Gasteiger partial charge in [0.05, 0.1) is 4.47 Å². The number of phenolic OH excluding ortho intramolecular Hbond substituents is 1. The Hall–Kier alpha value is -1.28. The molecule has 25 heavy (non-hydrogen) atoms. The number of benzene rings is 2. The topological polar surface area (TPSA) is 75.6 Å². The normalized spacial score (nSPS) is 11.7. The molecule has 2 aromatic carbocycles. The van der Waals surface area contributed by atoms with E-state index in [0.717, 1.165) is 0 Å². The molecule has 0 aliphatic rings. The van der Waals surface area contributed by atoms with Gasteiger partial charge in [-0.15, -0.1) is 0 Å². The van der Waals surface area contributed by atoms with E-state index in [-0.39, 0.29) is 11.3 Å². The molecule has 2 N–H and O–H groups in total. The molecule has 2 aromatic rings. The van der Waals surface area contributed by atoms with Crippen molar-refractivity contribution in [3.05, 3.63) is 54.9 Å². The van der Waals surface area contributed by atoms with Crippen molar-refractivity contribution in [3.8, 4) is 5.75 Å². The van der Waals surface area contributed by atoms with Crippen LogP contribution in [-0.4, -0.2) is 23.1 Å². The molecule has 2 rings (SSSR count). The third-order valence-corrected chi connectivity index (χ3v) is 4.53. The van der Waals surface area contributed by atoms with Crippen molar-refractivity contribution in [3.63, 3.8) is 0 Å². The second kappa shape index (κ2) is 8.40. The largest absolute Gasteiger partial charge is 0.506 e. The fraction of sp³-hybridized carbons (Fsp3) is 0.125. The van der Waals surface area contributed by atoms with Crippen molar-refractivity contribution in [2.75, 3.05) is 5.32 Å². The monoisotopic (exact) mass is 509 g/mol. The zero-order chi connectivity index (χ0) is 18.7. The average Bonchev–Trinajstić information content (AvgIpc) is 2.49. The number of ether oxygens (including phenoxy) is 1. The van der Waals surface area contributed by atoms with Crippen LogP contribution < -0.4 is 5.32 Å². The van der Waals surface area contributed by atoms with Crippen LogP contribution in [0.2, 0.25) is 10.0 Å². The van der Waals surface area contributed by atoms with Crippen molar-refractivity contribution in [2.45, 2.75) is 13.0 Å². The summed E-state index contributed by atoms with van der Waals surface area (Å²) in [5.74, 6) is -1.69. The highest BCUT2D eigenvalue weighted by atomic mass is 79.9. The molecule has 132 valence electrons. The Morgan fingerprint density at radius 1 is 1.12 bits per heavy atom. The highest BCUT2D eigenvalue weighted by Crippen LogP contribution is 2.32. The number of carbonyl (C=O) groups excluding carboxylic acids is 2. The highest BCUT2D eigenvalue weighted by molar-refractivity contribution is 9.11. The third kappa shape index (κ3) is 5.34. The van der Waals surface area contributed by atoms with E-state index < -0.39 is 18.0 Å². The zero-order valence-electron chi connectivity index (χ0n) is 12.6. The Balaban J connectivity index is 2.09. The standard InChI is InChI=1S/C16H11Br2Cl2NO4/c1-7(15(23)21-11-5-9(19)4-10(20)6-11)25-16(24)12-2-8(17)3-13(18)14(12)22/h2-7,22H,1H3,(H,21,23). The van der Waals surface area contributed by atoms with Crippen LogP contribution in [0, 0.1) is 0 Å². The molecular weight excluding hydrogens is 501 g/mol. The van der Waals surface area contributed by atoms with E-state index in [9.17, 15) is 14.7 Å². The fourth-order valence-electron chi connectivity index (χ4n) is 1.87. The van der Waals surface area contributed by atoms with Crippen LogP contribution in [0.5, 0.6) is 5.75 Å². The Labute approximate surface area is 170 Å². The summed E-state index contributed by atoms with van der Waals surface area (Å²) in [4.78, 5) is 24.4. The lowest BCUT2D eigenvalue weighted by Gasteiger charge is -2.15. The Kier molecular flexibility index (Phi) is 6.73. The second-order valence-corrected chi connectivity index (χ2v) is 7.62. The van der Waals surface area contributed by atoms with Gasteiger partial charge in [0.15, 0.2) is 6.10 Å². The zero-order valence-corrected chi connectivity index (χ0v) is 17.3. The molecule has 0 heterocycles. The van der Waals surface area contributed by atoms with Crippen LogP contribution in [0.3, 0.4) is 0 Å². The lowest BCUT2D eigenvalue weighted by molar-refractivity contribution is -0.123. The van der Waals surface area contributed by atoms with Crippen molar-refractivity contribution < 1.29 is 19.4 Å². The molecule has 0 saturated heterocycles. The Morgan fingerprint density at radius 2 is 1.72 bits per heavy atom. The maximum Gasteiger partial charge on any atom is 0.342 e. The van der Waals surface area contributed by atoms with E-state index in [1.165, 1.54) is 31.2 Å². The number of rotatable bonds is 4. The molecule has 1 atom stereocenters. The first-order valence-electron chi connectivity index (χ1n) is 6.83. The summed E-state index contributed by atoms with van der Waals surface area (Å²) in [6, 6.07) is 7.51. The lowest BCUT2D eigenvalue weighted by Crippen LogP contribution is -2.30. The van der Waals surface area contributed by atoms with Crippen LogP contribution >= 0.6 is 55.1 Å². The van der Waals surface area contributed by atoms with Crippen LogP contribution in [0.15, 0.2) is 39.3 Å². The van der Waals surface area contributed by atoms with Crippen molar-refractivity contribution in [2.24, 2.45) is 0 Å². The first-order valence-corrected chi connectivity index (χ1v) is 9.17. The molecule has 0 saturated carbocycles. The molecule has 0 aliphatic carbocycles. The minimum absolute atomic E-state index is 0.0771. The number of phenols is 1. The van der Waals surface area contributed by atoms with Gasteiger partial charge in [-0.2, -0.15) is 0 Å². The van der Waals surface area contributed by atoms with E-state index >= 15 is 0 Å². The van der Waals surface area contributed by atoms with Gasteiger partial charge in [-0.3, -0.25) is 4.79 Å². The minimum Gasteiger partial charge on any atom is -0.506 e. The van der Waals surface area contributed by atoms with Crippen LogP contribution in [-0.2, 0) is 9.53 Å². The van der Waals surface area contributed by atoms with Crippen molar-refractivity contribution in [1.29, 1.82) is 0 Å². The first-order chi connectivity index (χ1) is 11.7. The molecule has 5 nitrogen and oxygen atoms in total. The van der Waals surface area contributed by atoms with Gasteiger partial charge in [0.25, 0.3) is 5.91 Å². The second-order valence-electron chi connectivity index (χ2n) is 4.98. The van der Waals surface area contributed by atoms with Gasteiger partial charge < -0.3 is 15.2 Å². The highest BCUT2D eigenvalue weighted by Gasteiger charge is 2.22. The molecular formula is C16H11Br2Cl2NO4. The summed E-state index contributed by atoms with van der Waals surface area (Å²) in [5, 5.41) is 13.2. The van der Waals surface area contributed by atoms with E-state index in [0.29, 0.717) is 24.7 Å². The summed E-state index contributed by atoms with van der Waals surface area (Å²) in [5.41, 5.74) is 0.296. The number of aromatic hydroxyl groups is 1. The molecule has 0 aliphatic heterocycles. The number of anilines is 1. The van der Waals surface area contributed by atoms with Gasteiger partial charge in [-0.05, 0) is 53.2 Å². The quantitative estimate of drug-likeness (QED) is 0.538. The SMILES string of the molecule is CC(OC(=O)c1cc(Br)cc(Br)c1O)C(=O)Nc1cc(Cl)cc(Cl)c1. The summed E-state index contributed by atoms with van der Waals surface area (Å²) in [6.45, 7) is 1.41. The molecule has 0 radical (unpaired) electrons. The molecule has 0 spiro atoms. The average molecular weight is 512 g/mol. The van der Waals surface area contributed by atoms with Gasteiger partial charge in [-0.1, -0.05) is 39.1 Å². The molecule has 1 unspecified atom stereocenters. The molecule has 1 amide bonds. The lowest BCUT2D eigenvalue weighted by atomic mass is 10.2. The molecule has 9 heteroatoms. The van der Waals surface area contributed by atoms with Crippen LogP contribution in [0.25, 0.3) is 0 Å². The van der Waals surface area contributed by atoms with Crippen LogP contribution in [0.4, 0.5) is 5.69 Å². The first kappa shape index (κ1) is 20.0. The number of halogens is 4. The van der Waals surface area contributed by atoms with Gasteiger partial charge in [-0.25, -0.2) is 4.79 Å². The van der Waals surface area contributed by atoms with Gasteiger partial charge >= 0.3 is 5.97 Å². The van der Waals surface area contributed by atoms with Gasteiger partial charge in [0, 0.05) is 20.2 Å². The van der Waals surface area contributed by atoms with E-state index in [4.69, 9.17) is 27.9 Å². The maximum atomic E-state index is 12.2. The van der Waals surface area contributed by atoms with E-state index in [1.807, 2.05) is 0 Å². The molecule has 0 aromatic heterocycles. The maximum absolute atomic E-state index is 12.2. The number of amides is 1. The number of hydrogen-bond donors (Lipinski definition) is 2. The Bertz CT molecular complexity index is 825. The Morgan fingerprint density at radius 3 is 2.32 bits per heavy atom. The summed E-state index contributed by atoms with van der Waals surface area (Å²) >= 11 is 18.1. The van der Waals surface area contributed by atoms with Crippen LogP contribution in [0.1, 0.15) is 17.3 Å². The molecule has 0 fully saturated rings. The number of carbonyl (C=O) groups is 2. The third-order valence-electron chi connectivity index (χ3n) is 3.03. The van der Waals surface area contributed by atoms with E-state index in [1.54, 1.807) is 6.07 Å².